The van der Waals surface area contributed by atoms with Gasteiger partial charge in [0, 0.05) is 32.7 Å². The van der Waals surface area contributed by atoms with Crippen LogP contribution in [0.4, 0.5) is 0 Å². The minimum absolute atomic E-state index is 0. The fraction of sp³-hybridized carbons (Fsp3) is 0.800. The molecule has 0 aliphatic carbocycles. The Labute approximate surface area is 186 Å². The van der Waals surface area contributed by atoms with Crippen LogP contribution in [0.25, 0.3) is 0 Å². The van der Waals surface area contributed by atoms with Crippen molar-refractivity contribution >= 4 is 31.4 Å². The number of phosphoric acid groups is 3. The summed E-state index contributed by atoms with van der Waals surface area (Å²) in [6.07, 6.45) is -0.522. The monoisotopic (exact) mass is 528 g/mol. The maximum atomic E-state index is 11.6. The standard InChI is InChI=1S/C8H19BNO11P3.2CH3.Y/c1-3-10(9)8-4-6(2)7(19-8)5-18-23(14,15)21-24(16,17)20-22(11,12)13;;;/h6-8H,3-5H2,1-2H3,(H,14,15)(H,16,17)(H2,11,12,13);2*1H3;/q;2*-1;/t6-,7?,8?;;;/m0.../s1. The Kier molecular flexibility index (Phi) is 16.0. The van der Waals surface area contributed by atoms with Gasteiger partial charge in [-0.05, 0) is 18.9 Å². The van der Waals surface area contributed by atoms with Gasteiger partial charge in [-0.25, -0.2) is 13.7 Å². The second-order valence-corrected chi connectivity index (χ2v) is 9.48. The van der Waals surface area contributed by atoms with Crippen molar-refractivity contribution in [2.75, 3.05) is 13.2 Å². The number of phosphoric ester groups is 1. The zero-order chi connectivity index (χ0) is 18.8. The van der Waals surface area contributed by atoms with Gasteiger partial charge in [0.25, 0.3) is 0 Å². The van der Waals surface area contributed by atoms with E-state index in [0.717, 1.165) is 0 Å². The molecular formula is C10H25BNO11P3Y-2. The molecule has 1 rings (SSSR count). The van der Waals surface area contributed by atoms with E-state index < -0.39 is 42.4 Å². The summed E-state index contributed by atoms with van der Waals surface area (Å²) in [6.45, 7) is 3.64. The molecule has 5 atom stereocenters. The molecule has 4 unspecified atom stereocenters. The van der Waals surface area contributed by atoms with Gasteiger partial charge in [-0.3, -0.25) is 4.52 Å². The Morgan fingerprint density at radius 2 is 1.63 bits per heavy atom. The molecule has 1 saturated heterocycles. The molecule has 17 heteroatoms. The van der Waals surface area contributed by atoms with Crippen LogP contribution in [0.5, 0.6) is 0 Å². The smallest absolute Gasteiger partial charge is 0.358 e. The number of hydrogen-bond acceptors (Lipinski definition) is 8. The van der Waals surface area contributed by atoms with Crippen LogP contribution in [0.1, 0.15) is 20.3 Å². The van der Waals surface area contributed by atoms with Crippen molar-refractivity contribution in [3.63, 3.8) is 0 Å². The quantitative estimate of drug-likeness (QED) is 0.193. The van der Waals surface area contributed by atoms with Crippen molar-refractivity contribution < 1.29 is 83.9 Å². The molecule has 159 valence electrons. The van der Waals surface area contributed by atoms with Crippen molar-refractivity contribution in [3.8, 4) is 0 Å². The van der Waals surface area contributed by atoms with E-state index in [2.05, 4.69) is 13.1 Å². The number of hydrogen-bond donors (Lipinski definition) is 4. The molecule has 0 spiro atoms. The summed E-state index contributed by atoms with van der Waals surface area (Å²) in [6, 6.07) is 0. The number of rotatable bonds is 9. The van der Waals surface area contributed by atoms with E-state index in [-0.39, 0.29) is 53.5 Å². The molecule has 1 fully saturated rings. The fourth-order valence-electron chi connectivity index (χ4n) is 1.95. The van der Waals surface area contributed by atoms with E-state index in [1.807, 2.05) is 6.92 Å². The van der Waals surface area contributed by atoms with Gasteiger partial charge in [-0.2, -0.15) is 8.62 Å². The van der Waals surface area contributed by atoms with E-state index in [9.17, 15) is 18.6 Å². The van der Waals surface area contributed by atoms with Crippen molar-refractivity contribution in [1.29, 1.82) is 0 Å². The van der Waals surface area contributed by atoms with E-state index in [1.54, 1.807) is 6.92 Å². The summed E-state index contributed by atoms with van der Waals surface area (Å²) in [5, 5.41) is 0. The third-order valence-electron chi connectivity index (χ3n) is 3.09. The summed E-state index contributed by atoms with van der Waals surface area (Å²) >= 11 is 0. The minimum atomic E-state index is -5.52. The Bertz CT molecular complexity index is 579. The van der Waals surface area contributed by atoms with Crippen molar-refractivity contribution in [2.45, 2.75) is 32.6 Å². The first-order valence-corrected chi connectivity index (χ1v) is 11.2. The Hall–Kier alpha value is 1.50. The van der Waals surface area contributed by atoms with Gasteiger partial charge in [0.15, 0.2) is 7.98 Å². The second-order valence-electron chi connectivity index (χ2n) is 5.06. The normalized spacial score (nSPS) is 26.9. The predicted octanol–water partition coefficient (Wildman–Crippen LogP) is 1.38. The Morgan fingerprint density at radius 3 is 2.07 bits per heavy atom. The molecule has 0 aromatic heterocycles. The first-order valence-electron chi connectivity index (χ1n) is 6.70. The van der Waals surface area contributed by atoms with Gasteiger partial charge >= 0.3 is 23.5 Å². The van der Waals surface area contributed by atoms with Gasteiger partial charge in [-0.1, -0.05) is 13.8 Å². The summed E-state index contributed by atoms with van der Waals surface area (Å²) in [5.74, 6) is -0.0973. The zero-order valence-electron chi connectivity index (χ0n) is 15.4. The van der Waals surface area contributed by atoms with Crippen molar-refractivity contribution in [2.24, 2.45) is 5.92 Å². The Balaban J connectivity index is -0.00000192. The topological polar surface area (TPSA) is 172 Å². The van der Waals surface area contributed by atoms with Crippen LogP contribution >= 0.6 is 23.5 Å². The van der Waals surface area contributed by atoms with E-state index in [4.69, 9.17) is 27.4 Å². The van der Waals surface area contributed by atoms with E-state index in [0.29, 0.717) is 13.0 Å². The van der Waals surface area contributed by atoms with Crippen LogP contribution in [-0.2, 0) is 64.3 Å². The SMILES string of the molecule is [B]N(CC)C1C[C@H](C)C(COP(=O)(O)OP(=O)(O)OP(=O)(O)O)O1.[CH3-].[CH3-].[Y]. The third-order valence-corrected chi connectivity index (χ3v) is 6.90. The maximum absolute atomic E-state index is 11.6. The largest absolute Gasteiger partial charge is 0.490 e. The molecule has 4 N–H and O–H groups in total. The van der Waals surface area contributed by atoms with Crippen molar-refractivity contribution in [3.05, 3.63) is 14.9 Å². The van der Waals surface area contributed by atoms with Crippen LogP contribution in [0, 0.1) is 20.8 Å². The van der Waals surface area contributed by atoms with Gasteiger partial charge in [0.2, 0.25) is 0 Å². The van der Waals surface area contributed by atoms with Crippen LogP contribution < -0.4 is 0 Å². The summed E-state index contributed by atoms with van der Waals surface area (Å²) in [7, 11) is -10.4. The molecule has 0 aromatic carbocycles. The maximum Gasteiger partial charge on any atom is 0.490 e. The third kappa shape index (κ3) is 12.7. The molecule has 0 saturated carbocycles. The van der Waals surface area contributed by atoms with Crippen LogP contribution in [0.15, 0.2) is 0 Å². The number of nitrogens with zero attached hydrogens (tertiary/aromatic N) is 1. The molecule has 0 amide bonds. The van der Waals surface area contributed by atoms with E-state index in [1.165, 1.54) is 4.81 Å². The average molecular weight is 528 g/mol. The summed E-state index contributed by atoms with van der Waals surface area (Å²) in [5.41, 5.74) is 0. The van der Waals surface area contributed by atoms with Crippen LogP contribution in [-0.4, -0.2) is 57.8 Å². The predicted molar refractivity (Wildman–Crippen MR) is 93.2 cm³/mol. The van der Waals surface area contributed by atoms with Gasteiger partial charge in [0.05, 0.1) is 12.7 Å². The molecule has 3 radical (unpaired) electrons. The van der Waals surface area contributed by atoms with Crippen LogP contribution in [0.3, 0.4) is 0 Å². The molecule has 27 heavy (non-hydrogen) atoms. The molecule has 0 bridgehead atoms. The molecule has 1 aliphatic heterocycles. The van der Waals surface area contributed by atoms with Crippen LogP contribution in [0.2, 0.25) is 0 Å². The average Bonchev–Trinajstić information content (AvgIpc) is 2.72. The summed E-state index contributed by atoms with van der Waals surface area (Å²) in [4.78, 5) is 36.7. The minimum Gasteiger partial charge on any atom is -0.358 e. The summed E-state index contributed by atoms with van der Waals surface area (Å²) < 4.78 is 50.6. The molecular weight excluding hydrogens is 503 g/mol. The first kappa shape index (κ1) is 33.1. The molecule has 1 heterocycles. The van der Waals surface area contributed by atoms with Crippen molar-refractivity contribution in [1.82, 2.24) is 4.81 Å². The van der Waals surface area contributed by atoms with Gasteiger partial charge in [0.1, 0.15) is 6.23 Å². The van der Waals surface area contributed by atoms with Gasteiger partial charge < -0.3 is 44.0 Å². The Morgan fingerprint density at radius 1 is 1.11 bits per heavy atom. The first-order chi connectivity index (χ1) is 10.7. The van der Waals surface area contributed by atoms with E-state index >= 15 is 0 Å². The van der Waals surface area contributed by atoms with Gasteiger partial charge in [-0.15, -0.1) is 0 Å². The second kappa shape index (κ2) is 13.0. The number of ether oxygens (including phenoxy) is 1. The zero-order valence-corrected chi connectivity index (χ0v) is 21.0. The fourth-order valence-corrected chi connectivity index (χ4v) is 4.98. The molecule has 0 aromatic rings. The molecule has 1 aliphatic rings. The molecule has 12 nitrogen and oxygen atoms in total.